The van der Waals surface area contributed by atoms with E-state index in [9.17, 15) is 4.79 Å². The minimum Gasteiger partial charge on any atom is -0.495 e. The molecule has 1 rings (SSSR count). The number of likely N-dealkylation sites (N-methyl/N-ethyl adjacent to an activating group) is 1. The van der Waals surface area contributed by atoms with Crippen LogP contribution in [0, 0.1) is 0 Å². The number of rotatable bonds is 5. The molecule has 5 nitrogen and oxygen atoms in total. The molecule has 94 valence electrons. The van der Waals surface area contributed by atoms with Crippen molar-refractivity contribution in [1.82, 2.24) is 10.2 Å². The number of nitrogens with zero attached hydrogens (tertiary/aromatic N) is 1. The van der Waals surface area contributed by atoms with Gasteiger partial charge in [0.05, 0.1) is 12.8 Å². The van der Waals surface area contributed by atoms with Crippen molar-refractivity contribution in [1.29, 1.82) is 0 Å². The Labute approximate surface area is 102 Å². The maximum atomic E-state index is 11.8. The van der Waals surface area contributed by atoms with E-state index in [2.05, 4.69) is 5.32 Å². The topological polar surface area (TPSA) is 67.6 Å². The second-order valence-electron chi connectivity index (χ2n) is 4.02. The zero-order valence-corrected chi connectivity index (χ0v) is 10.5. The van der Waals surface area contributed by atoms with Crippen molar-refractivity contribution in [3.8, 4) is 5.75 Å². The van der Waals surface area contributed by atoms with Gasteiger partial charge in [-0.05, 0) is 32.3 Å². The average Bonchev–Trinajstić information content (AvgIpc) is 2.29. The number of nitrogens with one attached hydrogen (secondary N) is 1. The number of methoxy groups -OCH3 is 1. The molecule has 1 aromatic carbocycles. The fraction of sp³-hybridized carbons (Fsp3) is 0.417. The fourth-order valence-electron chi connectivity index (χ4n) is 1.35. The Balaban J connectivity index is 2.63. The second-order valence-corrected chi connectivity index (χ2v) is 4.02. The molecule has 0 spiro atoms. The zero-order valence-electron chi connectivity index (χ0n) is 10.5. The Hall–Kier alpha value is -1.75. The number of nitrogen functional groups attached to an aromatic ring is 1. The number of hydrogen-bond donors (Lipinski definition) is 2. The molecule has 17 heavy (non-hydrogen) atoms. The summed E-state index contributed by atoms with van der Waals surface area (Å²) in [5, 5.41) is 2.82. The molecule has 0 heterocycles. The minimum atomic E-state index is -0.120. The molecule has 5 heteroatoms. The summed E-state index contributed by atoms with van der Waals surface area (Å²) in [7, 11) is 5.44. The molecule has 0 aliphatic rings. The lowest BCUT2D eigenvalue weighted by Crippen LogP contribution is -2.31. The second kappa shape index (κ2) is 6.10. The first-order valence-corrected chi connectivity index (χ1v) is 5.41. The number of carbonyl (C=O) groups excluding carboxylic acids is 1. The van der Waals surface area contributed by atoms with Crippen LogP contribution in [0.5, 0.6) is 5.75 Å². The van der Waals surface area contributed by atoms with Crippen LogP contribution in [-0.4, -0.2) is 45.1 Å². The largest absolute Gasteiger partial charge is 0.495 e. The molecule has 0 aliphatic heterocycles. The van der Waals surface area contributed by atoms with Gasteiger partial charge in [-0.15, -0.1) is 0 Å². The lowest BCUT2D eigenvalue weighted by molar-refractivity contribution is 0.0950. The van der Waals surface area contributed by atoms with Gasteiger partial charge in [0.25, 0.3) is 5.91 Å². The summed E-state index contributed by atoms with van der Waals surface area (Å²) in [4.78, 5) is 13.8. The summed E-state index contributed by atoms with van der Waals surface area (Å²) >= 11 is 0. The summed E-state index contributed by atoms with van der Waals surface area (Å²) in [5.74, 6) is 0.399. The van der Waals surface area contributed by atoms with Gasteiger partial charge in [-0.2, -0.15) is 0 Å². The van der Waals surface area contributed by atoms with E-state index in [4.69, 9.17) is 10.5 Å². The van der Waals surface area contributed by atoms with Gasteiger partial charge >= 0.3 is 0 Å². The minimum absolute atomic E-state index is 0.120. The molecule has 0 aliphatic carbocycles. The number of ether oxygens (including phenoxy) is 1. The predicted octanol–water partition coefficient (Wildman–Crippen LogP) is 0.569. The number of nitrogens with two attached hydrogens (primary N) is 1. The van der Waals surface area contributed by atoms with Crippen molar-refractivity contribution >= 4 is 11.6 Å². The number of hydrogen-bond acceptors (Lipinski definition) is 4. The maximum Gasteiger partial charge on any atom is 0.251 e. The molecule has 3 N–H and O–H groups in total. The molecule has 0 fully saturated rings. The Morgan fingerprint density at radius 3 is 2.76 bits per heavy atom. The first-order chi connectivity index (χ1) is 8.04. The van der Waals surface area contributed by atoms with Gasteiger partial charge in [-0.1, -0.05) is 0 Å². The van der Waals surface area contributed by atoms with E-state index in [1.54, 1.807) is 18.2 Å². The van der Waals surface area contributed by atoms with Crippen molar-refractivity contribution in [3.05, 3.63) is 23.8 Å². The van der Waals surface area contributed by atoms with Gasteiger partial charge in [0.1, 0.15) is 5.75 Å². The highest BCUT2D eigenvalue weighted by Crippen LogP contribution is 2.21. The summed E-state index contributed by atoms with van der Waals surface area (Å²) in [5.41, 5.74) is 6.75. The zero-order chi connectivity index (χ0) is 12.8. The molecule has 0 unspecified atom stereocenters. The third-order valence-electron chi connectivity index (χ3n) is 2.34. The molecular weight excluding hydrogens is 218 g/mol. The monoisotopic (exact) mass is 237 g/mol. The summed E-state index contributed by atoms with van der Waals surface area (Å²) in [6, 6.07) is 4.99. The average molecular weight is 237 g/mol. The molecule has 1 aromatic rings. The van der Waals surface area contributed by atoms with Crippen LogP contribution in [0.4, 0.5) is 5.69 Å². The quantitative estimate of drug-likeness (QED) is 0.735. The summed E-state index contributed by atoms with van der Waals surface area (Å²) in [6.45, 7) is 1.41. The van der Waals surface area contributed by atoms with Gasteiger partial charge in [0, 0.05) is 18.7 Å². The molecular formula is C12H19N3O2. The highest BCUT2D eigenvalue weighted by molar-refractivity contribution is 5.95. The maximum absolute atomic E-state index is 11.8. The molecule has 0 radical (unpaired) electrons. The van der Waals surface area contributed by atoms with E-state index in [1.165, 1.54) is 7.11 Å². The SMILES string of the molecule is COc1cc(C(=O)NCCN(C)C)ccc1N. The van der Waals surface area contributed by atoms with Crippen LogP contribution in [0.1, 0.15) is 10.4 Å². The van der Waals surface area contributed by atoms with E-state index in [0.717, 1.165) is 6.54 Å². The van der Waals surface area contributed by atoms with Crippen LogP contribution >= 0.6 is 0 Å². The van der Waals surface area contributed by atoms with Crippen molar-refractivity contribution in [3.63, 3.8) is 0 Å². The molecule has 0 saturated carbocycles. The number of anilines is 1. The Kier molecular flexibility index (Phi) is 4.78. The van der Waals surface area contributed by atoms with Crippen LogP contribution in [-0.2, 0) is 0 Å². The third-order valence-corrected chi connectivity index (χ3v) is 2.34. The van der Waals surface area contributed by atoms with Gasteiger partial charge in [0.15, 0.2) is 0 Å². The lowest BCUT2D eigenvalue weighted by Gasteiger charge is -2.11. The smallest absolute Gasteiger partial charge is 0.251 e. The molecule has 0 saturated heterocycles. The number of amides is 1. The van der Waals surface area contributed by atoms with Crippen molar-refractivity contribution in [2.45, 2.75) is 0 Å². The van der Waals surface area contributed by atoms with Gasteiger partial charge in [-0.25, -0.2) is 0 Å². The van der Waals surface area contributed by atoms with E-state index in [1.807, 2.05) is 19.0 Å². The van der Waals surface area contributed by atoms with Crippen LogP contribution in [0.2, 0.25) is 0 Å². The molecule has 0 atom stereocenters. The standard InChI is InChI=1S/C12H19N3O2/c1-15(2)7-6-14-12(16)9-4-5-10(13)11(8-9)17-3/h4-5,8H,6-7,13H2,1-3H3,(H,14,16). The lowest BCUT2D eigenvalue weighted by atomic mass is 10.2. The number of benzene rings is 1. The Bertz CT molecular complexity index is 391. The molecule has 0 aromatic heterocycles. The summed E-state index contributed by atoms with van der Waals surface area (Å²) < 4.78 is 5.07. The van der Waals surface area contributed by atoms with Crippen molar-refractivity contribution < 1.29 is 9.53 Å². The Morgan fingerprint density at radius 1 is 1.47 bits per heavy atom. The first-order valence-electron chi connectivity index (χ1n) is 5.41. The van der Waals surface area contributed by atoms with E-state index in [0.29, 0.717) is 23.5 Å². The van der Waals surface area contributed by atoms with Gasteiger partial charge in [0.2, 0.25) is 0 Å². The van der Waals surface area contributed by atoms with E-state index >= 15 is 0 Å². The van der Waals surface area contributed by atoms with Gasteiger partial charge in [-0.3, -0.25) is 4.79 Å². The highest BCUT2D eigenvalue weighted by Gasteiger charge is 2.08. The fourth-order valence-corrected chi connectivity index (χ4v) is 1.35. The summed E-state index contributed by atoms with van der Waals surface area (Å²) in [6.07, 6.45) is 0. The Morgan fingerprint density at radius 2 is 2.18 bits per heavy atom. The first kappa shape index (κ1) is 13.3. The van der Waals surface area contributed by atoms with Crippen molar-refractivity contribution in [2.24, 2.45) is 0 Å². The van der Waals surface area contributed by atoms with Crippen LogP contribution in [0.15, 0.2) is 18.2 Å². The van der Waals surface area contributed by atoms with Crippen molar-refractivity contribution in [2.75, 3.05) is 40.0 Å². The van der Waals surface area contributed by atoms with Crippen LogP contribution in [0.3, 0.4) is 0 Å². The molecule has 1 amide bonds. The third kappa shape index (κ3) is 3.96. The van der Waals surface area contributed by atoms with Crippen LogP contribution in [0.25, 0.3) is 0 Å². The molecule has 0 bridgehead atoms. The number of carbonyl (C=O) groups is 1. The normalized spacial score (nSPS) is 10.4. The van der Waals surface area contributed by atoms with E-state index in [-0.39, 0.29) is 5.91 Å². The van der Waals surface area contributed by atoms with E-state index < -0.39 is 0 Å². The van der Waals surface area contributed by atoms with Crippen LogP contribution < -0.4 is 15.8 Å². The van der Waals surface area contributed by atoms with Gasteiger partial charge < -0.3 is 20.7 Å². The highest BCUT2D eigenvalue weighted by atomic mass is 16.5. The predicted molar refractivity (Wildman–Crippen MR) is 68.3 cm³/mol.